The van der Waals surface area contributed by atoms with Crippen LogP contribution in [0.1, 0.15) is 31.0 Å². The van der Waals surface area contributed by atoms with Gasteiger partial charge in [0.25, 0.3) is 0 Å². The van der Waals surface area contributed by atoms with Crippen molar-refractivity contribution in [2.24, 2.45) is 7.05 Å². The lowest BCUT2D eigenvalue weighted by atomic mass is 10.2. The molecule has 2 amide bonds. The van der Waals surface area contributed by atoms with Gasteiger partial charge in [-0.1, -0.05) is 31.0 Å². The quantitative estimate of drug-likeness (QED) is 0.513. The Hall–Kier alpha value is -2.52. The first kappa shape index (κ1) is 22.2. The van der Waals surface area contributed by atoms with E-state index in [0.29, 0.717) is 11.6 Å². The standard InChI is InChI=1S/C20H26ClN5O3S/c1-4-5-10-22-20(27)24-30(28,29)12-9-17-14(2)23-25(3)19(17)26-11-8-15-6-7-16(21)13-18(15)26/h6-8,11,13H,4-5,9-10,12H2,1-3H3,(H2,22,24,27). The van der Waals surface area contributed by atoms with Crippen LogP contribution in [0.15, 0.2) is 30.5 Å². The molecule has 0 saturated carbocycles. The molecule has 0 fully saturated rings. The zero-order chi connectivity index (χ0) is 21.9. The van der Waals surface area contributed by atoms with E-state index in [1.165, 1.54) is 0 Å². The Morgan fingerprint density at radius 2 is 2.03 bits per heavy atom. The van der Waals surface area contributed by atoms with Crippen LogP contribution in [0.2, 0.25) is 5.02 Å². The molecular weight excluding hydrogens is 426 g/mol. The maximum absolute atomic E-state index is 12.4. The van der Waals surface area contributed by atoms with Gasteiger partial charge < -0.3 is 9.88 Å². The summed E-state index contributed by atoms with van der Waals surface area (Å²) in [6, 6.07) is 6.90. The molecule has 8 nitrogen and oxygen atoms in total. The van der Waals surface area contributed by atoms with Gasteiger partial charge in [0.05, 0.1) is 17.0 Å². The Kier molecular flexibility index (Phi) is 6.72. The number of nitrogens with one attached hydrogen (secondary N) is 2. The molecule has 0 aliphatic rings. The van der Waals surface area contributed by atoms with Crippen molar-refractivity contribution in [2.75, 3.05) is 12.3 Å². The number of urea groups is 1. The number of fused-ring (bicyclic) bond motifs is 1. The monoisotopic (exact) mass is 451 g/mol. The van der Waals surface area contributed by atoms with E-state index in [-0.39, 0.29) is 12.2 Å². The second-order valence-corrected chi connectivity index (χ2v) is 9.46. The summed E-state index contributed by atoms with van der Waals surface area (Å²) in [7, 11) is -1.97. The maximum atomic E-state index is 12.4. The Morgan fingerprint density at radius 1 is 1.27 bits per heavy atom. The smallest absolute Gasteiger partial charge is 0.328 e. The summed E-state index contributed by atoms with van der Waals surface area (Å²) in [5.74, 6) is 0.542. The minimum absolute atomic E-state index is 0.215. The van der Waals surface area contributed by atoms with Crippen LogP contribution in [0.3, 0.4) is 0 Å². The number of benzene rings is 1. The van der Waals surface area contributed by atoms with Crippen molar-refractivity contribution in [2.45, 2.75) is 33.1 Å². The van der Waals surface area contributed by atoms with Crippen molar-refractivity contribution >= 4 is 38.6 Å². The van der Waals surface area contributed by atoms with Crippen LogP contribution in [0.25, 0.3) is 16.7 Å². The van der Waals surface area contributed by atoms with Crippen LogP contribution in [0.4, 0.5) is 4.79 Å². The van der Waals surface area contributed by atoms with Gasteiger partial charge in [-0.15, -0.1) is 0 Å². The van der Waals surface area contributed by atoms with E-state index in [2.05, 4.69) is 15.1 Å². The van der Waals surface area contributed by atoms with E-state index in [1.54, 1.807) is 4.68 Å². The second kappa shape index (κ2) is 9.09. The Bertz CT molecular complexity index is 1170. The molecule has 3 aromatic rings. The van der Waals surface area contributed by atoms with Crippen LogP contribution in [0, 0.1) is 6.92 Å². The summed E-state index contributed by atoms with van der Waals surface area (Å²) >= 11 is 6.17. The summed E-state index contributed by atoms with van der Waals surface area (Å²) in [6.07, 6.45) is 3.83. The van der Waals surface area contributed by atoms with E-state index in [4.69, 9.17) is 11.6 Å². The second-order valence-electron chi connectivity index (χ2n) is 7.18. The van der Waals surface area contributed by atoms with E-state index in [9.17, 15) is 13.2 Å². The number of nitrogens with zero attached hydrogens (tertiary/aromatic N) is 3. The molecule has 162 valence electrons. The topological polar surface area (TPSA) is 98.0 Å². The largest absolute Gasteiger partial charge is 0.337 e. The third-order valence-electron chi connectivity index (χ3n) is 4.88. The highest BCUT2D eigenvalue weighted by atomic mass is 35.5. The number of aryl methyl sites for hydroxylation is 2. The minimum Gasteiger partial charge on any atom is -0.337 e. The highest BCUT2D eigenvalue weighted by molar-refractivity contribution is 7.90. The van der Waals surface area contributed by atoms with Gasteiger partial charge in [0.15, 0.2) is 0 Å². The lowest BCUT2D eigenvalue weighted by molar-refractivity contribution is 0.245. The fourth-order valence-electron chi connectivity index (χ4n) is 3.41. The third kappa shape index (κ3) is 4.96. The molecule has 0 bridgehead atoms. The summed E-state index contributed by atoms with van der Waals surface area (Å²) in [4.78, 5) is 11.8. The first-order valence-corrected chi connectivity index (χ1v) is 11.8. The zero-order valence-electron chi connectivity index (χ0n) is 17.3. The van der Waals surface area contributed by atoms with E-state index >= 15 is 0 Å². The molecule has 0 unspecified atom stereocenters. The molecule has 3 rings (SSSR count). The molecular formula is C20H26ClN5O3S. The molecule has 0 saturated heterocycles. The van der Waals surface area contributed by atoms with Crippen molar-refractivity contribution in [3.8, 4) is 5.82 Å². The number of halogens is 1. The molecule has 2 N–H and O–H groups in total. The van der Waals surface area contributed by atoms with Gasteiger partial charge in [0, 0.05) is 35.8 Å². The Morgan fingerprint density at radius 3 is 2.77 bits per heavy atom. The summed E-state index contributed by atoms with van der Waals surface area (Å²) in [6.45, 7) is 4.27. The fourth-order valence-corrected chi connectivity index (χ4v) is 4.51. The van der Waals surface area contributed by atoms with Gasteiger partial charge in [0.1, 0.15) is 5.82 Å². The molecule has 1 aromatic carbocycles. The van der Waals surface area contributed by atoms with Gasteiger partial charge in [-0.05, 0) is 38.0 Å². The Labute approximate surface area is 181 Å². The summed E-state index contributed by atoms with van der Waals surface area (Å²) < 4.78 is 30.5. The number of hydrogen-bond acceptors (Lipinski definition) is 4. The molecule has 2 heterocycles. The first-order chi connectivity index (χ1) is 14.2. The molecule has 0 atom stereocenters. The number of sulfonamides is 1. The van der Waals surface area contributed by atoms with E-state index in [1.807, 2.05) is 55.9 Å². The average Bonchev–Trinajstić information content (AvgIpc) is 3.19. The van der Waals surface area contributed by atoms with Crippen molar-refractivity contribution < 1.29 is 13.2 Å². The highest BCUT2D eigenvalue weighted by Gasteiger charge is 2.21. The molecule has 30 heavy (non-hydrogen) atoms. The van der Waals surface area contributed by atoms with Crippen LogP contribution >= 0.6 is 11.6 Å². The van der Waals surface area contributed by atoms with Crippen LogP contribution in [0.5, 0.6) is 0 Å². The van der Waals surface area contributed by atoms with Crippen LogP contribution in [-0.4, -0.2) is 41.1 Å². The fraction of sp³-hybridized carbons (Fsp3) is 0.400. The van der Waals surface area contributed by atoms with E-state index in [0.717, 1.165) is 40.8 Å². The number of aromatic nitrogens is 3. The lowest BCUT2D eigenvalue weighted by Crippen LogP contribution is -2.41. The van der Waals surface area contributed by atoms with Gasteiger partial charge >= 0.3 is 6.03 Å². The molecule has 2 aromatic heterocycles. The molecule has 0 spiro atoms. The minimum atomic E-state index is -3.79. The first-order valence-electron chi connectivity index (χ1n) is 9.79. The molecule has 10 heteroatoms. The van der Waals surface area contributed by atoms with Crippen molar-refractivity contribution in [3.63, 3.8) is 0 Å². The van der Waals surface area contributed by atoms with Crippen molar-refractivity contribution in [1.82, 2.24) is 24.4 Å². The predicted octanol–water partition coefficient (Wildman–Crippen LogP) is 3.30. The molecule has 0 aliphatic heterocycles. The van der Waals surface area contributed by atoms with Crippen LogP contribution in [-0.2, 0) is 23.5 Å². The van der Waals surface area contributed by atoms with Gasteiger partial charge in [-0.3, -0.25) is 4.68 Å². The molecule has 0 aliphatic carbocycles. The normalized spacial score (nSPS) is 11.7. The number of amides is 2. The zero-order valence-corrected chi connectivity index (χ0v) is 18.8. The van der Waals surface area contributed by atoms with Crippen molar-refractivity contribution in [1.29, 1.82) is 0 Å². The lowest BCUT2D eigenvalue weighted by Gasteiger charge is -2.11. The average molecular weight is 452 g/mol. The van der Waals surface area contributed by atoms with Crippen LogP contribution < -0.4 is 10.0 Å². The van der Waals surface area contributed by atoms with E-state index < -0.39 is 16.1 Å². The number of rotatable bonds is 8. The predicted molar refractivity (Wildman–Crippen MR) is 119 cm³/mol. The highest BCUT2D eigenvalue weighted by Crippen LogP contribution is 2.27. The summed E-state index contributed by atoms with van der Waals surface area (Å²) in [5, 5.41) is 8.66. The molecule has 0 radical (unpaired) electrons. The van der Waals surface area contributed by atoms with Crippen molar-refractivity contribution in [3.05, 3.63) is 46.7 Å². The number of hydrogen-bond donors (Lipinski definition) is 2. The third-order valence-corrected chi connectivity index (χ3v) is 6.35. The number of unbranched alkanes of at least 4 members (excludes halogenated alkanes) is 1. The van der Waals surface area contributed by atoms with Gasteiger partial charge in [-0.25, -0.2) is 17.9 Å². The summed E-state index contributed by atoms with van der Waals surface area (Å²) in [5.41, 5.74) is 2.44. The van der Waals surface area contributed by atoms with Gasteiger partial charge in [-0.2, -0.15) is 5.10 Å². The number of carbonyl (C=O) groups excluding carboxylic acids is 1. The Balaban J connectivity index is 1.82. The number of carbonyl (C=O) groups is 1. The SMILES string of the molecule is CCCCNC(=O)NS(=O)(=O)CCc1c(C)nn(C)c1-n1ccc2ccc(Cl)cc21. The maximum Gasteiger partial charge on any atom is 0.328 e. The van der Waals surface area contributed by atoms with Gasteiger partial charge in [0.2, 0.25) is 10.0 Å².